The Balaban J connectivity index is 1.77. The monoisotopic (exact) mass is 615 g/mol. The Kier molecular flexibility index (Phi) is 8.09. The second kappa shape index (κ2) is 11.1. The van der Waals surface area contributed by atoms with Gasteiger partial charge in [0.25, 0.3) is 5.56 Å². The first-order valence-electron chi connectivity index (χ1n) is 11.2. The van der Waals surface area contributed by atoms with Crippen molar-refractivity contribution in [2.75, 3.05) is 0 Å². The van der Waals surface area contributed by atoms with Crippen molar-refractivity contribution in [3.63, 3.8) is 0 Å². The van der Waals surface area contributed by atoms with Crippen LogP contribution in [-0.2, 0) is 6.61 Å². The SMILES string of the molecule is CC[C@H](C)c1nc2ccc(Br)cc2c(=O)n1N=Cc1cc(Cl)cc(Br)c1OCc1ccc(C)cc1. The Morgan fingerprint density at radius 3 is 2.60 bits per heavy atom. The molecule has 1 heterocycles. The Morgan fingerprint density at radius 2 is 1.89 bits per heavy atom. The van der Waals surface area contributed by atoms with Crippen LogP contribution in [-0.4, -0.2) is 15.9 Å². The predicted octanol–water partition coefficient (Wildman–Crippen LogP) is 7.86. The lowest BCUT2D eigenvalue weighted by Gasteiger charge is -2.15. The average molecular weight is 618 g/mol. The lowest BCUT2D eigenvalue weighted by Crippen LogP contribution is -2.23. The number of benzene rings is 3. The van der Waals surface area contributed by atoms with Gasteiger partial charge in [-0.1, -0.05) is 71.2 Å². The molecule has 35 heavy (non-hydrogen) atoms. The van der Waals surface area contributed by atoms with E-state index in [9.17, 15) is 4.79 Å². The number of aryl methyl sites for hydroxylation is 1. The summed E-state index contributed by atoms with van der Waals surface area (Å²) in [7, 11) is 0. The standard InChI is InChI=1S/C27H24Br2ClN3O2/c1-4-17(3)26-32-24-10-9-20(28)12-22(24)27(34)33(26)31-14-19-11-21(30)13-23(29)25(19)35-15-18-7-5-16(2)6-8-18/h5-14,17H,4,15H2,1-3H3/t17-/m0/s1. The van der Waals surface area contributed by atoms with Crippen molar-refractivity contribution < 1.29 is 4.74 Å². The zero-order valence-corrected chi connectivity index (χ0v) is 23.5. The van der Waals surface area contributed by atoms with E-state index in [2.05, 4.69) is 43.9 Å². The molecule has 8 heteroatoms. The molecule has 1 atom stereocenters. The van der Waals surface area contributed by atoms with Crippen molar-refractivity contribution in [2.24, 2.45) is 5.10 Å². The Bertz CT molecular complexity index is 1470. The zero-order valence-electron chi connectivity index (χ0n) is 19.6. The molecule has 0 spiro atoms. The fraction of sp³-hybridized carbons (Fsp3) is 0.222. The fourth-order valence-corrected chi connectivity index (χ4v) is 4.88. The van der Waals surface area contributed by atoms with Crippen LogP contribution < -0.4 is 10.3 Å². The van der Waals surface area contributed by atoms with Gasteiger partial charge in [0.05, 0.1) is 21.6 Å². The first kappa shape index (κ1) is 25.6. The zero-order chi connectivity index (χ0) is 25.1. The molecule has 180 valence electrons. The van der Waals surface area contributed by atoms with Gasteiger partial charge >= 0.3 is 0 Å². The fourth-order valence-electron chi connectivity index (χ4n) is 3.57. The van der Waals surface area contributed by atoms with Crippen LogP contribution in [0.25, 0.3) is 10.9 Å². The molecule has 0 N–H and O–H groups in total. The summed E-state index contributed by atoms with van der Waals surface area (Å²) in [5, 5.41) is 5.59. The van der Waals surface area contributed by atoms with Gasteiger partial charge in [-0.2, -0.15) is 9.78 Å². The summed E-state index contributed by atoms with van der Waals surface area (Å²) >= 11 is 13.3. The van der Waals surface area contributed by atoms with Crippen molar-refractivity contribution in [1.82, 2.24) is 9.66 Å². The summed E-state index contributed by atoms with van der Waals surface area (Å²) in [6, 6.07) is 17.2. The van der Waals surface area contributed by atoms with E-state index in [1.165, 1.54) is 10.2 Å². The van der Waals surface area contributed by atoms with Gasteiger partial charge in [-0.25, -0.2) is 4.98 Å². The van der Waals surface area contributed by atoms with Gasteiger partial charge in [0.2, 0.25) is 0 Å². The summed E-state index contributed by atoms with van der Waals surface area (Å²) in [6.07, 6.45) is 2.41. The number of nitrogens with zero attached hydrogens (tertiary/aromatic N) is 3. The van der Waals surface area contributed by atoms with E-state index in [1.807, 2.05) is 50.2 Å². The molecule has 0 bridgehead atoms. The predicted molar refractivity (Wildman–Crippen MR) is 150 cm³/mol. The molecule has 0 aliphatic rings. The number of rotatable bonds is 7. The van der Waals surface area contributed by atoms with Crippen molar-refractivity contribution >= 4 is 60.6 Å². The third-order valence-electron chi connectivity index (χ3n) is 5.74. The van der Waals surface area contributed by atoms with Crippen LogP contribution in [0.3, 0.4) is 0 Å². The smallest absolute Gasteiger partial charge is 0.282 e. The first-order valence-corrected chi connectivity index (χ1v) is 13.2. The largest absolute Gasteiger partial charge is 0.487 e. The van der Waals surface area contributed by atoms with Crippen LogP contribution in [0.2, 0.25) is 5.02 Å². The van der Waals surface area contributed by atoms with E-state index in [1.54, 1.807) is 24.4 Å². The highest BCUT2D eigenvalue weighted by molar-refractivity contribution is 9.10. The Hall–Kier alpha value is -2.48. The molecule has 0 radical (unpaired) electrons. The van der Waals surface area contributed by atoms with Crippen LogP contribution in [0.5, 0.6) is 5.75 Å². The lowest BCUT2D eigenvalue weighted by molar-refractivity contribution is 0.304. The average Bonchev–Trinajstić information content (AvgIpc) is 2.83. The van der Waals surface area contributed by atoms with Gasteiger partial charge in [0.15, 0.2) is 0 Å². The molecule has 0 aliphatic carbocycles. The Morgan fingerprint density at radius 1 is 1.14 bits per heavy atom. The van der Waals surface area contributed by atoms with Gasteiger partial charge in [0, 0.05) is 21.0 Å². The van der Waals surface area contributed by atoms with E-state index in [4.69, 9.17) is 21.3 Å². The van der Waals surface area contributed by atoms with Crippen LogP contribution in [0.1, 0.15) is 48.7 Å². The first-order chi connectivity index (χ1) is 16.8. The van der Waals surface area contributed by atoms with E-state index in [-0.39, 0.29) is 11.5 Å². The highest BCUT2D eigenvalue weighted by atomic mass is 79.9. The number of hydrogen-bond donors (Lipinski definition) is 0. The topological polar surface area (TPSA) is 56.5 Å². The molecule has 0 fully saturated rings. The second-order valence-electron chi connectivity index (χ2n) is 8.38. The minimum atomic E-state index is -0.230. The second-order valence-corrected chi connectivity index (χ2v) is 10.6. The number of ether oxygens (including phenoxy) is 1. The van der Waals surface area contributed by atoms with Crippen LogP contribution >= 0.6 is 43.5 Å². The van der Waals surface area contributed by atoms with Gasteiger partial charge in [-0.05, 0) is 65.2 Å². The number of hydrogen-bond acceptors (Lipinski definition) is 4. The molecule has 1 aromatic heterocycles. The van der Waals surface area contributed by atoms with Crippen molar-refractivity contribution in [3.05, 3.63) is 101 Å². The number of fused-ring (bicyclic) bond motifs is 1. The number of aromatic nitrogens is 2. The third-order valence-corrected chi connectivity index (χ3v) is 7.04. The maximum Gasteiger partial charge on any atom is 0.282 e. The molecule has 3 aromatic carbocycles. The van der Waals surface area contributed by atoms with Crippen molar-refractivity contribution in [3.8, 4) is 5.75 Å². The molecule has 0 aliphatic heterocycles. The number of halogens is 3. The maximum atomic E-state index is 13.4. The molecular weight excluding hydrogens is 594 g/mol. The van der Waals surface area contributed by atoms with Crippen LogP contribution in [0.4, 0.5) is 0 Å². The molecule has 5 nitrogen and oxygen atoms in total. The summed E-state index contributed by atoms with van der Waals surface area (Å²) in [5.41, 5.74) is 3.29. The normalized spacial score (nSPS) is 12.4. The minimum absolute atomic E-state index is 0.0382. The summed E-state index contributed by atoms with van der Waals surface area (Å²) in [6.45, 7) is 6.52. The summed E-state index contributed by atoms with van der Waals surface area (Å²) < 4.78 is 9.03. The molecule has 4 aromatic rings. The van der Waals surface area contributed by atoms with Crippen LogP contribution in [0.15, 0.2) is 73.4 Å². The molecule has 0 amide bonds. The highest BCUT2D eigenvalue weighted by Crippen LogP contribution is 2.33. The summed E-state index contributed by atoms with van der Waals surface area (Å²) in [5.74, 6) is 1.23. The van der Waals surface area contributed by atoms with Gasteiger partial charge in [0.1, 0.15) is 18.2 Å². The third kappa shape index (κ3) is 5.85. The quantitative estimate of drug-likeness (QED) is 0.199. The van der Waals surface area contributed by atoms with Gasteiger partial charge < -0.3 is 4.74 Å². The van der Waals surface area contributed by atoms with Gasteiger partial charge in [-0.15, -0.1) is 0 Å². The maximum absolute atomic E-state index is 13.4. The van der Waals surface area contributed by atoms with Crippen molar-refractivity contribution in [2.45, 2.75) is 39.7 Å². The lowest BCUT2D eigenvalue weighted by atomic mass is 10.1. The summed E-state index contributed by atoms with van der Waals surface area (Å²) in [4.78, 5) is 18.2. The molecule has 0 unspecified atom stereocenters. The Labute approximate surface area is 226 Å². The minimum Gasteiger partial charge on any atom is -0.487 e. The molecule has 0 saturated carbocycles. The van der Waals surface area contributed by atoms with E-state index < -0.39 is 0 Å². The van der Waals surface area contributed by atoms with E-state index >= 15 is 0 Å². The van der Waals surface area contributed by atoms with Gasteiger partial charge in [-0.3, -0.25) is 4.79 Å². The van der Waals surface area contributed by atoms with E-state index in [0.717, 1.165) is 16.5 Å². The van der Waals surface area contributed by atoms with Crippen LogP contribution in [0, 0.1) is 6.92 Å². The van der Waals surface area contributed by atoms with E-state index in [0.29, 0.717) is 44.1 Å². The molecule has 0 saturated heterocycles. The highest BCUT2D eigenvalue weighted by Gasteiger charge is 2.16. The molecular formula is C27H24Br2ClN3O2. The molecule has 4 rings (SSSR count). The van der Waals surface area contributed by atoms with Crippen molar-refractivity contribution in [1.29, 1.82) is 0 Å².